The van der Waals surface area contributed by atoms with Crippen LogP contribution in [-0.2, 0) is 0 Å². The molecule has 0 atom stereocenters. The van der Waals surface area contributed by atoms with E-state index in [4.69, 9.17) is 31.6 Å². The second-order valence-corrected chi connectivity index (χ2v) is 4.40. The fourth-order valence-electron chi connectivity index (χ4n) is 1.83. The highest BCUT2D eigenvalue weighted by Crippen LogP contribution is 2.10. The molecule has 0 heterocycles. The lowest BCUT2D eigenvalue weighted by Gasteiger charge is -2.23. The van der Waals surface area contributed by atoms with Gasteiger partial charge in [-0.2, -0.15) is 0 Å². The predicted octanol–water partition coefficient (Wildman–Crippen LogP) is -0.347. The summed E-state index contributed by atoms with van der Waals surface area (Å²) in [6.07, 6.45) is -6.64. The molecule has 0 radical (unpaired) electrons. The number of nitrogens with zero attached hydrogens (tertiary/aromatic N) is 6. The van der Waals surface area contributed by atoms with E-state index in [0.717, 1.165) is 0 Å². The molecule has 0 aromatic heterocycles. The number of hydrogen-bond donors (Lipinski definition) is 0. The Morgan fingerprint density at radius 3 is 1.00 bits per heavy atom. The maximum Gasteiger partial charge on any atom is 0.324 e. The van der Waals surface area contributed by atoms with Gasteiger partial charge in [-0.1, -0.05) is 12.1 Å². The molecule has 102 valence electrons. The zero-order valence-electron chi connectivity index (χ0n) is 10.7. The number of benzene rings is 1. The zero-order valence-corrected chi connectivity index (χ0v) is 10.7. The zero-order chi connectivity index (χ0) is 17.0. The fourth-order valence-corrected chi connectivity index (χ4v) is 1.83. The SMILES string of the molecule is N#C[B-](C#N)(C#N)c1cc(F)c([B-](C#N)(C#N)C#N)cc1F. The lowest BCUT2D eigenvalue weighted by molar-refractivity contribution is 0.613. The lowest BCUT2D eigenvalue weighted by Crippen LogP contribution is -2.52. The summed E-state index contributed by atoms with van der Waals surface area (Å²) in [7, 11) is 0. The highest BCUT2D eigenvalue weighted by Gasteiger charge is 2.34. The van der Waals surface area contributed by atoms with E-state index < -0.39 is 34.9 Å². The van der Waals surface area contributed by atoms with Crippen LogP contribution in [0.5, 0.6) is 0 Å². The number of halogens is 2. The highest BCUT2D eigenvalue weighted by molar-refractivity contribution is 7.10. The van der Waals surface area contributed by atoms with Crippen molar-refractivity contribution >= 4 is 23.2 Å². The molecule has 0 saturated carbocycles. The van der Waals surface area contributed by atoms with Crippen LogP contribution in [0.2, 0.25) is 0 Å². The Labute approximate surface area is 124 Å². The third kappa shape index (κ3) is 2.09. The van der Waals surface area contributed by atoms with Crippen LogP contribution in [-0.4, -0.2) is 12.3 Å². The Morgan fingerprint density at radius 1 is 0.591 bits per heavy atom. The smallest absolute Gasteiger partial charge is 0.246 e. The van der Waals surface area contributed by atoms with Gasteiger partial charge in [0.25, 0.3) is 0 Å². The van der Waals surface area contributed by atoms with Gasteiger partial charge in [0, 0.05) is 0 Å². The topological polar surface area (TPSA) is 143 Å². The molecule has 0 saturated heterocycles. The molecule has 22 heavy (non-hydrogen) atoms. The maximum absolute atomic E-state index is 14.1. The molecule has 0 amide bonds. The summed E-state index contributed by atoms with van der Waals surface area (Å²) < 4.78 is 28.2. The molecule has 0 aliphatic rings. The van der Waals surface area contributed by atoms with Crippen LogP contribution >= 0.6 is 0 Å². The number of hydrogen-bond acceptors (Lipinski definition) is 6. The van der Waals surface area contributed by atoms with Gasteiger partial charge in [-0.05, 0) is 0 Å². The summed E-state index contributed by atoms with van der Waals surface area (Å²) in [6.45, 7) is 0. The molecule has 1 aromatic carbocycles. The predicted molar refractivity (Wildman–Crippen MR) is 70.8 cm³/mol. The van der Waals surface area contributed by atoms with Gasteiger partial charge in [0.2, 0.25) is 0 Å². The Hall–Kier alpha value is -3.85. The number of nitriles is 6. The first-order valence-corrected chi connectivity index (χ1v) is 5.68. The van der Waals surface area contributed by atoms with Crippen molar-refractivity contribution in [2.75, 3.05) is 0 Å². The third-order valence-corrected chi connectivity index (χ3v) is 3.21. The van der Waals surface area contributed by atoms with E-state index in [-0.39, 0.29) is 0 Å². The molecular weight excluding hydrogens is 288 g/mol. The van der Waals surface area contributed by atoms with Crippen LogP contribution in [0, 0.1) is 79.0 Å². The molecule has 0 aliphatic heterocycles. The minimum atomic E-state index is -3.32. The molecule has 0 spiro atoms. The molecular formula is C12H2B2F2N6-2. The molecule has 0 aliphatic carbocycles. The van der Waals surface area contributed by atoms with Crippen molar-refractivity contribution in [2.45, 2.75) is 0 Å². The normalized spacial score (nSPS) is 10.0. The van der Waals surface area contributed by atoms with E-state index in [9.17, 15) is 8.78 Å². The Bertz CT molecular complexity index is 753. The maximum atomic E-state index is 14.1. The van der Waals surface area contributed by atoms with E-state index in [1.165, 1.54) is 35.8 Å². The first-order chi connectivity index (χ1) is 10.4. The third-order valence-electron chi connectivity index (χ3n) is 3.21. The van der Waals surface area contributed by atoms with Crippen LogP contribution in [0.1, 0.15) is 0 Å². The summed E-state index contributed by atoms with van der Waals surface area (Å²) in [6, 6.07) is 0.811. The molecule has 1 aromatic rings. The van der Waals surface area contributed by atoms with Crippen LogP contribution in [0.4, 0.5) is 8.78 Å². The lowest BCUT2D eigenvalue weighted by atomic mass is 9.23. The highest BCUT2D eigenvalue weighted by atomic mass is 19.1. The van der Waals surface area contributed by atoms with Gasteiger partial charge in [-0.15, -0.1) is 46.7 Å². The van der Waals surface area contributed by atoms with Crippen molar-refractivity contribution in [1.29, 1.82) is 31.6 Å². The van der Waals surface area contributed by atoms with Crippen molar-refractivity contribution in [1.82, 2.24) is 0 Å². The van der Waals surface area contributed by atoms with Gasteiger partial charge in [-0.25, -0.2) is 40.4 Å². The summed E-state index contributed by atoms with van der Waals surface area (Å²) in [4.78, 5) is 0. The molecule has 6 nitrogen and oxygen atoms in total. The summed E-state index contributed by atoms with van der Waals surface area (Å²) in [5.41, 5.74) is -1.57. The fraction of sp³-hybridized carbons (Fsp3) is 0. The number of rotatable bonds is 2. The summed E-state index contributed by atoms with van der Waals surface area (Å²) in [5, 5.41) is 53.4. The summed E-state index contributed by atoms with van der Waals surface area (Å²) >= 11 is 0. The first-order valence-electron chi connectivity index (χ1n) is 5.68. The van der Waals surface area contributed by atoms with Gasteiger partial charge in [0.15, 0.2) is 0 Å². The van der Waals surface area contributed by atoms with Gasteiger partial charge in [0.1, 0.15) is 0 Å². The van der Waals surface area contributed by atoms with Crippen LogP contribution in [0.3, 0.4) is 0 Å². The average Bonchev–Trinajstić information content (AvgIpc) is 2.55. The van der Waals surface area contributed by atoms with Crippen molar-refractivity contribution in [2.24, 2.45) is 0 Å². The minimum absolute atomic E-state index is 0.406. The van der Waals surface area contributed by atoms with Crippen LogP contribution < -0.4 is 10.9 Å². The van der Waals surface area contributed by atoms with Gasteiger partial charge in [-0.3, -0.25) is 0 Å². The van der Waals surface area contributed by atoms with Gasteiger partial charge < -0.3 is 0 Å². The quantitative estimate of drug-likeness (QED) is 0.681. The van der Waals surface area contributed by atoms with Crippen molar-refractivity contribution < 1.29 is 8.78 Å². The van der Waals surface area contributed by atoms with E-state index >= 15 is 0 Å². The minimum Gasteiger partial charge on any atom is -0.246 e. The Morgan fingerprint density at radius 2 is 0.818 bits per heavy atom. The monoisotopic (exact) mass is 290 g/mol. The molecule has 0 fully saturated rings. The van der Waals surface area contributed by atoms with Crippen LogP contribution in [0.25, 0.3) is 0 Å². The largest absolute Gasteiger partial charge is 0.324 e. The molecule has 0 N–H and O–H groups in total. The average molecular weight is 290 g/mol. The standard InChI is InChI=1S/C12H2B2F2N6/c15-11-1-9(13(3-17,4-18)5-19)12(16)2-10(11)14(6-20,7-21)8-22/h1-2H/q-2. The first kappa shape index (κ1) is 16.2. The molecule has 10 heteroatoms. The van der Waals surface area contributed by atoms with Crippen molar-refractivity contribution in [3.63, 3.8) is 0 Å². The Balaban J connectivity index is 3.80. The van der Waals surface area contributed by atoms with E-state index in [1.54, 1.807) is 0 Å². The van der Waals surface area contributed by atoms with E-state index in [2.05, 4.69) is 0 Å². The van der Waals surface area contributed by atoms with Gasteiger partial charge >= 0.3 is 12.3 Å². The molecule has 0 unspecified atom stereocenters. The second kappa shape index (κ2) is 5.64. The van der Waals surface area contributed by atoms with Crippen molar-refractivity contribution in [3.05, 3.63) is 23.8 Å². The molecule has 1 rings (SSSR count). The Kier molecular flexibility index (Phi) is 4.16. The second-order valence-electron chi connectivity index (χ2n) is 4.40. The van der Waals surface area contributed by atoms with Crippen LogP contribution in [0.15, 0.2) is 12.1 Å². The van der Waals surface area contributed by atoms with Crippen molar-refractivity contribution in [3.8, 4) is 35.8 Å². The summed E-state index contributed by atoms with van der Waals surface area (Å²) in [5.74, 6) is 5.43. The van der Waals surface area contributed by atoms with Gasteiger partial charge in [0.05, 0.1) is 11.6 Å². The van der Waals surface area contributed by atoms with E-state index in [0.29, 0.717) is 12.1 Å². The van der Waals surface area contributed by atoms with E-state index in [1.807, 2.05) is 0 Å². The molecule has 0 bridgehead atoms.